The van der Waals surface area contributed by atoms with Crippen molar-refractivity contribution in [3.63, 3.8) is 0 Å². The number of hydrogen-bond donors (Lipinski definition) is 2. The lowest BCUT2D eigenvalue weighted by Crippen LogP contribution is -2.39. The van der Waals surface area contributed by atoms with Crippen molar-refractivity contribution >= 4 is 5.97 Å². The number of carbonyl (C=O) groups excluding carboxylic acids is 1. The van der Waals surface area contributed by atoms with Crippen molar-refractivity contribution in [3.8, 4) is 0 Å². The smallest absolute Gasteiger partial charge is 0.309 e. The highest BCUT2D eigenvalue weighted by molar-refractivity contribution is 5.72. The average molecular weight is 222 g/mol. The molecule has 0 radical (unpaired) electrons. The molecule has 6 heteroatoms. The van der Waals surface area contributed by atoms with Crippen LogP contribution in [0.15, 0.2) is 0 Å². The van der Waals surface area contributed by atoms with E-state index in [2.05, 4.69) is 14.4 Å². The minimum Gasteiger partial charge on any atom is -0.469 e. The summed E-state index contributed by atoms with van der Waals surface area (Å²) in [4.78, 5) is 15.1. The number of methoxy groups -OCH3 is 2. The second-order valence-corrected chi connectivity index (χ2v) is 3.59. The Kier molecular flexibility index (Phi) is 5.74. The van der Waals surface area contributed by atoms with Crippen molar-refractivity contribution in [2.75, 3.05) is 14.2 Å². The second-order valence-electron chi connectivity index (χ2n) is 3.59. The summed E-state index contributed by atoms with van der Waals surface area (Å²) in [5, 5.41) is 17.9. The Balaban J connectivity index is 4.60. The topological polar surface area (TPSA) is 85.2 Å². The van der Waals surface area contributed by atoms with E-state index in [4.69, 9.17) is 5.26 Å². The van der Waals surface area contributed by atoms with Gasteiger partial charge in [0.15, 0.2) is 0 Å². The first kappa shape index (κ1) is 14.3. The Labute approximate surface area is 88.7 Å². The van der Waals surface area contributed by atoms with Crippen molar-refractivity contribution in [2.45, 2.75) is 26.2 Å². The van der Waals surface area contributed by atoms with Gasteiger partial charge in [0.05, 0.1) is 13.0 Å². The van der Waals surface area contributed by atoms with Gasteiger partial charge in [0.2, 0.25) is 0 Å². The van der Waals surface area contributed by atoms with Crippen LogP contribution in [0, 0.1) is 11.8 Å². The van der Waals surface area contributed by atoms with Crippen LogP contribution < -0.4 is 0 Å². The summed E-state index contributed by atoms with van der Waals surface area (Å²) in [5.74, 6) is -3.36. The molecule has 15 heavy (non-hydrogen) atoms. The number of aliphatic hydroxyl groups is 1. The molecule has 0 aliphatic heterocycles. The molecular weight excluding hydrogens is 204 g/mol. The predicted octanol–water partition coefficient (Wildman–Crippen LogP) is 0.604. The molecule has 2 atom stereocenters. The second kappa shape index (κ2) is 6.02. The monoisotopic (exact) mass is 222 g/mol. The lowest BCUT2D eigenvalue weighted by atomic mass is 9.91. The fourth-order valence-corrected chi connectivity index (χ4v) is 1.18. The van der Waals surface area contributed by atoms with E-state index in [1.165, 1.54) is 7.11 Å². The van der Waals surface area contributed by atoms with Gasteiger partial charge in [-0.05, 0) is 5.92 Å². The van der Waals surface area contributed by atoms with Crippen LogP contribution in [0.5, 0.6) is 0 Å². The maximum Gasteiger partial charge on any atom is 0.309 e. The standard InChI is InChI=1S/C9H18O6/c1-6(2)7(8(10)13-3)5-9(11,14-4)15-12/h6-7,11-12H,5H2,1-4H3. The SMILES string of the molecule is COC(=O)C(CC(O)(OC)OO)C(C)C. The Bertz CT molecular complexity index is 199. The van der Waals surface area contributed by atoms with Crippen LogP contribution in [-0.4, -0.2) is 36.5 Å². The van der Waals surface area contributed by atoms with Gasteiger partial charge in [-0.2, -0.15) is 4.89 Å². The van der Waals surface area contributed by atoms with Crippen LogP contribution in [0.4, 0.5) is 0 Å². The summed E-state index contributed by atoms with van der Waals surface area (Å²) >= 11 is 0. The Morgan fingerprint density at radius 3 is 2.20 bits per heavy atom. The third-order valence-corrected chi connectivity index (χ3v) is 2.25. The van der Waals surface area contributed by atoms with Gasteiger partial charge in [0.25, 0.3) is 0 Å². The van der Waals surface area contributed by atoms with Gasteiger partial charge in [-0.25, -0.2) is 5.26 Å². The molecule has 0 saturated carbocycles. The number of ether oxygens (including phenoxy) is 2. The van der Waals surface area contributed by atoms with E-state index >= 15 is 0 Å². The van der Waals surface area contributed by atoms with Crippen molar-refractivity contribution < 1.29 is 29.5 Å². The van der Waals surface area contributed by atoms with Gasteiger partial charge < -0.3 is 14.6 Å². The Morgan fingerprint density at radius 2 is 1.93 bits per heavy atom. The van der Waals surface area contributed by atoms with Gasteiger partial charge in [-0.1, -0.05) is 13.8 Å². The Hall–Kier alpha value is -0.690. The van der Waals surface area contributed by atoms with E-state index in [1.54, 1.807) is 13.8 Å². The van der Waals surface area contributed by atoms with E-state index in [1.807, 2.05) is 0 Å². The summed E-state index contributed by atoms with van der Waals surface area (Å²) in [6.45, 7) is 3.57. The van der Waals surface area contributed by atoms with E-state index in [0.717, 1.165) is 7.11 Å². The molecule has 0 fully saturated rings. The van der Waals surface area contributed by atoms with Gasteiger partial charge in [-0.3, -0.25) is 4.79 Å². The maximum absolute atomic E-state index is 11.3. The van der Waals surface area contributed by atoms with Gasteiger partial charge in [-0.15, -0.1) is 0 Å². The van der Waals surface area contributed by atoms with Crippen LogP contribution in [0.25, 0.3) is 0 Å². The number of rotatable bonds is 6. The summed E-state index contributed by atoms with van der Waals surface area (Å²) in [7, 11) is 2.41. The Morgan fingerprint density at radius 1 is 1.40 bits per heavy atom. The summed E-state index contributed by atoms with van der Waals surface area (Å²) in [6, 6.07) is 0. The minimum atomic E-state index is -2.18. The van der Waals surface area contributed by atoms with E-state index in [0.29, 0.717) is 0 Å². The minimum absolute atomic E-state index is 0.0747. The average Bonchev–Trinajstić information content (AvgIpc) is 2.24. The van der Waals surface area contributed by atoms with Crippen LogP contribution in [0.2, 0.25) is 0 Å². The number of hydrogen-bond acceptors (Lipinski definition) is 6. The molecule has 0 heterocycles. The fourth-order valence-electron chi connectivity index (χ4n) is 1.18. The van der Waals surface area contributed by atoms with Crippen LogP contribution in [0.3, 0.4) is 0 Å². The molecule has 0 aromatic rings. The molecule has 0 spiro atoms. The largest absolute Gasteiger partial charge is 0.469 e. The fraction of sp³-hybridized carbons (Fsp3) is 0.889. The van der Waals surface area contributed by atoms with Crippen molar-refractivity contribution in [2.24, 2.45) is 11.8 Å². The molecule has 0 aromatic carbocycles. The van der Waals surface area contributed by atoms with Gasteiger partial charge in [0, 0.05) is 13.5 Å². The molecule has 0 bridgehead atoms. The molecule has 2 N–H and O–H groups in total. The van der Waals surface area contributed by atoms with Gasteiger partial charge in [0.1, 0.15) is 0 Å². The first-order valence-corrected chi connectivity index (χ1v) is 4.58. The highest BCUT2D eigenvalue weighted by Crippen LogP contribution is 2.25. The third-order valence-electron chi connectivity index (χ3n) is 2.25. The summed E-state index contributed by atoms with van der Waals surface area (Å²) < 4.78 is 9.10. The van der Waals surface area contributed by atoms with E-state index in [-0.39, 0.29) is 12.3 Å². The number of esters is 1. The molecule has 90 valence electrons. The molecular formula is C9H18O6. The summed E-state index contributed by atoms with van der Waals surface area (Å²) in [5.41, 5.74) is 0. The van der Waals surface area contributed by atoms with Crippen LogP contribution >= 0.6 is 0 Å². The molecule has 0 rings (SSSR count). The highest BCUT2D eigenvalue weighted by Gasteiger charge is 2.37. The van der Waals surface area contributed by atoms with Crippen molar-refractivity contribution in [3.05, 3.63) is 0 Å². The molecule has 0 amide bonds. The zero-order chi connectivity index (χ0) is 12.1. The highest BCUT2D eigenvalue weighted by atomic mass is 17.2. The van der Waals surface area contributed by atoms with Crippen molar-refractivity contribution in [1.29, 1.82) is 0 Å². The predicted molar refractivity (Wildman–Crippen MR) is 50.6 cm³/mol. The quantitative estimate of drug-likeness (QED) is 0.296. The normalized spacial score (nSPS) is 17.3. The van der Waals surface area contributed by atoms with Crippen molar-refractivity contribution in [1.82, 2.24) is 0 Å². The molecule has 0 aliphatic carbocycles. The first-order valence-electron chi connectivity index (χ1n) is 4.58. The molecule has 2 unspecified atom stereocenters. The lowest BCUT2D eigenvalue weighted by Gasteiger charge is -2.27. The molecule has 6 nitrogen and oxygen atoms in total. The zero-order valence-electron chi connectivity index (χ0n) is 9.39. The van der Waals surface area contributed by atoms with Gasteiger partial charge >= 0.3 is 11.9 Å². The summed E-state index contributed by atoms with van der Waals surface area (Å²) in [6.07, 6.45) is -0.204. The van der Waals surface area contributed by atoms with Crippen LogP contribution in [-0.2, 0) is 19.2 Å². The molecule has 0 saturated heterocycles. The maximum atomic E-state index is 11.3. The zero-order valence-corrected chi connectivity index (χ0v) is 9.39. The molecule has 0 aromatic heterocycles. The molecule has 0 aliphatic rings. The number of carbonyl (C=O) groups is 1. The van der Waals surface area contributed by atoms with Crippen LogP contribution in [0.1, 0.15) is 20.3 Å². The van der Waals surface area contributed by atoms with E-state index < -0.39 is 17.9 Å². The van der Waals surface area contributed by atoms with E-state index in [9.17, 15) is 9.90 Å². The first-order chi connectivity index (χ1) is 6.90. The third kappa shape index (κ3) is 4.13. The lowest BCUT2D eigenvalue weighted by molar-refractivity contribution is -0.479.